The Morgan fingerprint density at radius 1 is 1.50 bits per heavy atom. The van der Waals surface area contributed by atoms with Crippen LogP contribution < -0.4 is 5.73 Å². The van der Waals surface area contributed by atoms with Crippen molar-refractivity contribution in [3.05, 3.63) is 0 Å². The monoisotopic (exact) mass is 181 g/mol. The van der Waals surface area contributed by atoms with Crippen molar-refractivity contribution in [2.24, 2.45) is 5.73 Å². The van der Waals surface area contributed by atoms with Crippen LogP contribution >= 0.6 is 0 Å². The van der Waals surface area contributed by atoms with E-state index in [4.69, 9.17) is 5.73 Å². The van der Waals surface area contributed by atoms with Crippen molar-refractivity contribution in [1.82, 2.24) is 0 Å². The molecule has 0 aromatic carbocycles. The zero-order valence-electron chi connectivity index (χ0n) is 7.36. The Labute approximate surface area is 69.9 Å². The van der Waals surface area contributed by atoms with E-state index in [2.05, 4.69) is 4.74 Å². The van der Waals surface area contributed by atoms with E-state index in [1.807, 2.05) is 0 Å². The Hall–Kier alpha value is -0.710. The van der Waals surface area contributed by atoms with Gasteiger partial charge in [0.2, 0.25) is 0 Å². The first kappa shape index (κ1) is 11.3. The topological polar surface area (TPSA) is 52.3 Å². The molecule has 5 heteroatoms. The number of nitrogens with two attached hydrogens (primary N) is 1. The number of carbonyl (C=O) groups excluding carboxylic acids is 1. The number of carbonyl (C=O) groups is 1. The molecule has 0 aliphatic carbocycles. The van der Waals surface area contributed by atoms with Gasteiger partial charge in [0.25, 0.3) is 5.92 Å². The van der Waals surface area contributed by atoms with Crippen molar-refractivity contribution in [2.45, 2.75) is 32.2 Å². The normalized spacial score (nSPS) is 16.8. The number of esters is 1. The van der Waals surface area contributed by atoms with Crippen LogP contribution in [-0.4, -0.2) is 24.0 Å². The van der Waals surface area contributed by atoms with Crippen molar-refractivity contribution in [3.8, 4) is 0 Å². The van der Waals surface area contributed by atoms with Crippen molar-refractivity contribution in [2.75, 3.05) is 6.61 Å². The van der Waals surface area contributed by atoms with Crippen LogP contribution in [0.15, 0.2) is 0 Å². The Morgan fingerprint density at radius 2 is 1.92 bits per heavy atom. The molecule has 1 atom stereocenters. The molecule has 0 aromatic heterocycles. The maximum atomic E-state index is 12.6. The summed E-state index contributed by atoms with van der Waals surface area (Å²) in [6, 6.07) is 0. The van der Waals surface area contributed by atoms with Gasteiger partial charge in [0.15, 0.2) is 5.54 Å². The third-order valence-corrected chi connectivity index (χ3v) is 1.61. The summed E-state index contributed by atoms with van der Waals surface area (Å²) in [5.74, 6) is -4.36. The summed E-state index contributed by atoms with van der Waals surface area (Å²) in [7, 11) is 0. The SMILES string of the molecule is CCOC(=O)C(C)(N)C(C)(F)F. The van der Waals surface area contributed by atoms with E-state index in [0.717, 1.165) is 6.92 Å². The highest BCUT2D eigenvalue weighted by molar-refractivity contribution is 5.81. The molecule has 0 aliphatic rings. The highest BCUT2D eigenvalue weighted by Crippen LogP contribution is 2.26. The lowest BCUT2D eigenvalue weighted by Gasteiger charge is -2.28. The van der Waals surface area contributed by atoms with Gasteiger partial charge in [-0.2, -0.15) is 0 Å². The summed E-state index contributed by atoms with van der Waals surface area (Å²) in [5, 5.41) is 0. The standard InChI is InChI=1S/C7H13F2NO2/c1-4-12-5(11)6(2,10)7(3,8)9/h4,10H2,1-3H3. The fourth-order valence-electron chi connectivity index (χ4n) is 0.460. The number of rotatable bonds is 3. The number of ether oxygens (including phenoxy) is 1. The molecule has 0 fully saturated rings. The summed E-state index contributed by atoms with van der Waals surface area (Å²) in [6.45, 7) is 3.11. The molecule has 0 saturated carbocycles. The predicted octanol–water partition coefficient (Wildman–Crippen LogP) is 0.922. The first-order chi connectivity index (χ1) is 5.23. The molecule has 2 N–H and O–H groups in total. The summed E-state index contributed by atoms with van der Waals surface area (Å²) in [4.78, 5) is 10.9. The van der Waals surface area contributed by atoms with E-state index in [1.165, 1.54) is 6.92 Å². The van der Waals surface area contributed by atoms with E-state index in [0.29, 0.717) is 6.92 Å². The minimum absolute atomic E-state index is 0.0434. The van der Waals surface area contributed by atoms with Gasteiger partial charge in [-0.05, 0) is 13.8 Å². The van der Waals surface area contributed by atoms with Crippen LogP contribution in [-0.2, 0) is 9.53 Å². The van der Waals surface area contributed by atoms with Crippen molar-refractivity contribution in [3.63, 3.8) is 0 Å². The Balaban J connectivity index is 4.50. The molecule has 0 rings (SSSR count). The second-order valence-electron chi connectivity index (χ2n) is 2.81. The molecule has 1 unspecified atom stereocenters. The number of alkyl halides is 2. The molecule has 0 spiro atoms. The number of hydrogen-bond acceptors (Lipinski definition) is 3. The highest BCUT2D eigenvalue weighted by Gasteiger charge is 2.50. The molecule has 0 saturated heterocycles. The average Bonchev–Trinajstić information content (AvgIpc) is 1.85. The molecule has 0 radical (unpaired) electrons. The third kappa shape index (κ3) is 2.14. The average molecular weight is 181 g/mol. The second-order valence-corrected chi connectivity index (χ2v) is 2.81. The highest BCUT2D eigenvalue weighted by atomic mass is 19.3. The zero-order chi connectivity index (χ0) is 9.99. The van der Waals surface area contributed by atoms with Crippen LogP contribution in [0, 0.1) is 0 Å². The molecular formula is C7H13F2NO2. The molecule has 0 heterocycles. The number of halogens is 2. The maximum Gasteiger partial charge on any atom is 0.332 e. The lowest BCUT2D eigenvalue weighted by atomic mass is 9.97. The van der Waals surface area contributed by atoms with Gasteiger partial charge in [-0.15, -0.1) is 0 Å². The minimum atomic E-state index is -3.28. The summed E-state index contributed by atoms with van der Waals surface area (Å²) >= 11 is 0. The Bertz CT molecular complexity index is 175. The van der Waals surface area contributed by atoms with Crippen LogP contribution in [0.5, 0.6) is 0 Å². The minimum Gasteiger partial charge on any atom is -0.464 e. The van der Waals surface area contributed by atoms with Gasteiger partial charge in [-0.1, -0.05) is 0 Å². The fraction of sp³-hybridized carbons (Fsp3) is 0.857. The van der Waals surface area contributed by atoms with E-state index in [1.54, 1.807) is 0 Å². The quantitative estimate of drug-likeness (QED) is 0.659. The van der Waals surface area contributed by atoms with Crippen molar-refractivity contribution < 1.29 is 18.3 Å². The van der Waals surface area contributed by atoms with Gasteiger partial charge >= 0.3 is 5.97 Å². The molecule has 0 bridgehead atoms. The zero-order valence-corrected chi connectivity index (χ0v) is 7.36. The van der Waals surface area contributed by atoms with Crippen molar-refractivity contribution in [1.29, 1.82) is 0 Å². The van der Waals surface area contributed by atoms with E-state index >= 15 is 0 Å². The van der Waals surface area contributed by atoms with Gasteiger partial charge < -0.3 is 10.5 Å². The van der Waals surface area contributed by atoms with Crippen molar-refractivity contribution >= 4 is 5.97 Å². The van der Waals surface area contributed by atoms with Crippen LogP contribution in [0.4, 0.5) is 8.78 Å². The predicted molar refractivity (Wildman–Crippen MR) is 39.8 cm³/mol. The van der Waals surface area contributed by atoms with Gasteiger partial charge in [0.1, 0.15) is 0 Å². The first-order valence-corrected chi connectivity index (χ1v) is 3.57. The molecule has 0 aliphatic heterocycles. The van der Waals surface area contributed by atoms with Crippen LogP contribution in [0.3, 0.4) is 0 Å². The van der Waals surface area contributed by atoms with E-state index in [-0.39, 0.29) is 6.61 Å². The van der Waals surface area contributed by atoms with Gasteiger partial charge in [0.05, 0.1) is 6.61 Å². The molecule has 0 amide bonds. The lowest BCUT2D eigenvalue weighted by Crippen LogP contribution is -2.58. The molecule has 3 nitrogen and oxygen atoms in total. The third-order valence-electron chi connectivity index (χ3n) is 1.61. The smallest absolute Gasteiger partial charge is 0.332 e. The first-order valence-electron chi connectivity index (χ1n) is 3.57. The number of hydrogen-bond donors (Lipinski definition) is 1. The fourth-order valence-corrected chi connectivity index (χ4v) is 0.460. The van der Waals surface area contributed by atoms with Crippen LogP contribution in [0.2, 0.25) is 0 Å². The molecule has 72 valence electrons. The van der Waals surface area contributed by atoms with Crippen LogP contribution in [0.25, 0.3) is 0 Å². The lowest BCUT2D eigenvalue weighted by molar-refractivity contribution is -0.163. The molecule has 12 heavy (non-hydrogen) atoms. The second kappa shape index (κ2) is 3.35. The van der Waals surface area contributed by atoms with Gasteiger partial charge in [-0.3, -0.25) is 0 Å². The van der Waals surface area contributed by atoms with Gasteiger partial charge in [0, 0.05) is 6.92 Å². The van der Waals surface area contributed by atoms with E-state index < -0.39 is 17.4 Å². The largest absolute Gasteiger partial charge is 0.464 e. The molecular weight excluding hydrogens is 168 g/mol. The summed E-state index contributed by atoms with van der Waals surface area (Å²) in [6.07, 6.45) is 0. The summed E-state index contributed by atoms with van der Waals surface area (Å²) in [5.41, 5.74) is 2.85. The Morgan fingerprint density at radius 3 is 2.17 bits per heavy atom. The molecule has 0 aromatic rings. The Kier molecular flexibility index (Phi) is 3.15. The van der Waals surface area contributed by atoms with Crippen LogP contribution in [0.1, 0.15) is 20.8 Å². The van der Waals surface area contributed by atoms with E-state index in [9.17, 15) is 13.6 Å². The maximum absolute atomic E-state index is 12.6. The summed E-state index contributed by atoms with van der Waals surface area (Å²) < 4.78 is 29.7. The van der Waals surface area contributed by atoms with Gasteiger partial charge in [-0.25, -0.2) is 13.6 Å².